The fourth-order valence-electron chi connectivity index (χ4n) is 2.13. The highest BCUT2D eigenvalue weighted by atomic mass is 31.2. The zero-order valence-corrected chi connectivity index (χ0v) is 16.0. The van der Waals surface area contributed by atoms with Gasteiger partial charge in [-0.1, -0.05) is 0 Å². The predicted octanol–water partition coefficient (Wildman–Crippen LogP) is 2.41. The molecule has 0 N–H and O–H groups in total. The van der Waals surface area contributed by atoms with Crippen LogP contribution in [0.1, 0.15) is 13.8 Å². The monoisotopic (exact) mass is 368 g/mol. The topological polar surface area (TPSA) is 86.9 Å². The lowest BCUT2D eigenvalue weighted by Gasteiger charge is -2.13. The van der Waals surface area contributed by atoms with Gasteiger partial charge in [0.25, 0.3) is 0 Å². The highest BCUT2D eigenvalue weighted by Crippen LogP contribution is 2.35. The van der Waals surface area contributed by atoms with Gasteiger partial charge in [0.2, 0.25) is 0 Å². The number of aliphatic imine (C=N–C) groups is 1. The van der Waals surface area contributed by atoms with E-state index in [4.69, 9.17) is 13.8 Å². The molecule has 138 valence electrons. The average Bonchev–Trinajstić information content (AvgIpc) is 3.06. The van der Waals surface area contributed by atoms with Crippen molar-refractivity contribution in [3.05, 3.63) is 12.7 Å². The number of imidazole rings is 1. The van der Waals surface area contributed by atoms with Crippen LogP contribution in [0.15, 0.2) is 17.6 Å². The van der Waals surface area contributed by atoms with Gasteiger partial charge >= 0.3 is 0 Å². The molecule has 0 fully saturated rings. The van der Waals surface area contributed by atoms with Crippen LogP contribution in [-0.4, -0.2) is 71.0 Å². The Balaban J connectivity index is 2.02. The van der Waals surface area contributed by atoms with E-state index < -0.39 is 8.38 Å². The van der Waals surface area contributed by atoms with E-state index in [2.05, 4.69) is 38.7 Å². The lowest BCUT2D eigenvalue weighted by molar-refractivity contribution is 0.153. The summed E-state index contributed by atoms with van der Waals surface area (Å²) >= 11 is 0. The van der Waals surface area contributed by atoms with Crippen LogP contribution in [0.25, 0.3) is 11.2 Å². The summed E-state index contributed by atoms with van der Waals surface area (Å²) in [5.41, 5.74) is 1.42. The second kappa shape index (κ2) is 10.4. The maximum absolute atomic E-state index is 5.59. The molecule has 2 aromatic rings. The molecule has 0 unspecified atom stereocenters. The molecule has 0 aliphatic carbocycles. The van der Waals surface area contributed by atoms with Crippen LogP contribution in [0.4, 0.5) is 5.82 Å². The van der Waals surface area contributed by atoms with Crippen molar-refractivity contribution in [2.75, 3.05) is 40.3 Å². The molecule has 0 amide bonds. The highest BCUT2D eigenvalue weighted by molar-refractivity contribution is 7.46. The van der Waals surface area contributed by atoms with Gasteiger partial charge in [0.1, 0.15) is 12.7 Å². The van der Waals surface area contributed by atoms with Crippen molar-refractivity contribution in [1.82, 2.24) is 24.4 Å². The molecular weight excluding hydrogens is 343 g/mol. The number of rotatable bonds is 11. The summed E-state index contributed by atoms with van der Waals surface area (Å²) in [7, 11) is 2.24. The Morgan fingerprint density at radius 1 is 1.20 bits per heavy atom. The molecule has 2 aromatic heterocycles. The Hall–Kier alpha value is -1.67. The summed E-state index contributed by atoms with van der Waals surface area (Å²) in [6, 6.07) is 0. The van der Waals surface area contributed by atoms with Crippen molar-refractivity contribution >= 4 is 31.7 Å². The normalized spacial score (nSPS) is 11.9. The fraction of sp³-hybridized carbons (Fsp3) is 0.600. The molecule has 2 rings (SSSR count). The molecule has 0 spiro atoms. The van der Waals surface area contributed by atoms with Crippen LogP contribution in [0, 0.1) is 0 Å². The molecule has 0 aliphatic rings. The van der Waals surface area contributed by atoms with Crippen molar-refractivity contribution in [3.63, 3.8) is 0 Å². The lowest BCUT2D eigenvalue weighted by atomic mass is 10.5. The third kappa shape index (κ3) is 5.40. The minimum absolute atomic E-state index is 0.434. The molecule has 9 nitrogen and oxygen atoms in total. The van der Waals surface area contributed by atoms with Crippen LogP contribution in [0.3, 0.4) is 0 Å². The molecule has 0 radical (unpaired) electrons. The van der Waals surface area contributed by atoms with E-state index in [1.54, 1.807) is 26.9 Å². The quantitative estimate of drug-likeness (QED) is 0.260. The van der Waals surface area contributed by atoms with E-state index in [9.17, 15) is 0 Å². The predicted molar refractivity (Wildman–Crippen MR) is 98.2 cm³/mol. The standard InChI is InChI=1S/C15H25N6O3P/c1-5-20(6-2)10-19-14-13-15(17-9-16-14)21(11-18-13)7-8-24-12-25(22-3)23-4/h9-11H,5-8,12H2,1-4H3/b19-10-. The molecule has 25 heavy (non-hydrogen) atoms. The minimum atomic E-state index is -0.976. The van der Waals surface area contributed by atoms with Crippen molar-refractivity contribution in [3.8, 4) is 0 Å². The number of hydrogen-bond donors (Lipinski definition) is 0. The van der Waals surface area contributed by atoms with Crippen molar-refractivity contribution in [1.29, 1.82) is 0 Å². The van der Waals surface area contributed by atoms with E-state index in [0.29, 0.717) is 30.8 Å². The van der Waals surface area contributed by atoms with Crippen LogP contribution < -0.4 is 0 Å². The first-order valence-electron chi connectivity index (χ1n) is 8.11. The van der Waals surface area contributed by atoms with Crippen LogP contribution >= 0.6 is 8.38 Å². The largest absolute Gasteiger partial charge is 0.370 e. The molecule has 0 aliphatic heterocycles. The SMILES string of the molecule is CCN(/C=N\c1ncnc2c1ncn2CCOCP(OC)OC)CC. The number of fused-ring (bicyclic) bond motifs is 1. The smallest absolute Gasteiger partial charge is 0.197 e. The number of nitrogens with zero attached hydrogens (tertiary/aromatic N) is 6. The van der Waals surface area contributed by atoms with Gasteiger partial charge in [-0.2, -0.15) is 0 Å². The van der Waals surface area contributed by atoms with Crippen LogP contribution in [-0.2, 0) is 20.3 Å². The molecule has 0 saturated carbocycles. The van der Waals surface area contributed by atoms with Gasteiger partial charge in [0, 0.05) is 33.9 Å². The van der Waals surface area contributed by atoms with E-state index in [1.807, 2.05) is 4.57 Å². The molecule has 0 bridgehead atoms. The first-order valence-corrected chi connectivity index (χ1v) is 9.47. The molecular formula is C15H25N6O3P. The van der Waals surface area contributed by atoms with E-state index in [0.717, 1.165) is 18.7 Å². The summed E-state index contributed by atoms with van der Waals surface area (Å²) in [5.74, 6) is 0.568. The Bertz CT molecular complexity index is 672. The molecule has 0 aromatic carbocycles. The van der Waals surface area contributed by atoms with Crippen molar-refractivity contribution in [2.24, 2.45) is 4.99 Å². The Labute approximate surface area is 149 Å². The van der Waals surface area contributed by atoms with Gasteiger partial charge in [-0.15, -0.1) is 0 Å². The summed E-state index contributed by atoms with van der Waals surface area (Å²) in [6.07, 6.45) is 5.46. The van der Waals surface area contributed by atoms with Gasteiger partial charge in [-0.3, -0.25) is 0 Å². The van der Waals surface area contributed by atoms with E-state index in [-0.39, 0.29) is 0 Å². The summed E-state index contributed by atoms with van der Waals surface area (Å²) in [6.45, 7) is 7.09. The maximum Gasteiger partial charge on any atom is 0.197 e. The minimum Gasteiger partial charge on any atom is -0.370 e. The van der Waals surface area contributed by atoms with Gasteiger partial charge in [-0.05, 0) is 13.8 Å². The van der Waals surface area contributed by atoms with Crippen LogP contribution in [0.2, 0.25) is 0 Å². The molecule has 2 heterocycles. The van der Waals surface area contributed by atoms with Gasteiger partial charge in [-0.25, -0.2) is 19.9 Å². The number of hydrogen-bond acceptors (Lipinski definition) is 7. The third-order valence-electron chi connectivity index (χ3n) is 3.62. The molecule has 0 atom stereocenters. The summed E-state index contributed by atoms with van der Waals surface area (Å²) < 4.78 is 17.8. The molecule has 0 saturated heterocycles. The van der Waals surface area contributed by atoms with Gasteiger partial charge in [0.15, 0.2) is 25.4 Å². The Morgan fingerprint density at radius 3 is 2.64 bits per heavy atom. The highest BCUT2D eigenvalue weighted by Gasteiger charge is 2.10. The summed E-state index contributed by atoms with van der Waals surface area (Å²) in [5, 5.41) is 0. The maximum atomic E-state index is 5.59. The van der Waals surface area contributed by atoms with Crippen LogP contribution in [0.5, 0.6) is 0 Å². The fourth-order valence-corrected chi connectivity index (χ4v) is 2.77. The van der Waals surface area contributed by atoms with Gasteiger partial charge < -0.3 is 23.3 Å². The third-order valence-corrected chi connectivity index (χ3v) is 4.83. The average molecular weight is 368 g/mol. The number of aromatic nitrogens is 4. The summed E-state index contributed by atoms with van der Waals surface area (Å²) in [4.78, 5) is 19.5. The van der Waals surface area contributed by atoms with Gasteiger partial charge in [0.05, 0.1) is 19.3 Å². The lowest BCUT2D eigenvalue weighted by Crippen LogP contribution is -2.20. The van der Waals surface area contributed by atoms with Crippen molar-refractivity contribution < 1.29 is 13.8 Å². The second-order valence-electron chi connectivity index (χ2n) is 5.01. The molecule has 10 heteroatoms. The van der Waals surface area contributed by atoms with E-state index >= 15 is 0 Å². The first-order chi connectivity index (χ1) is 12.2. The van der Waals surface area contributed by atoms with Crippen molar-refractivity contribution in [2.45, 2.75) is 20.4 Å². The Kier molecular flexibility index (Phi) is 8.14. The second-order valence-corrected chi connectivity index (χ2v) is 6.66. The zero-order chi connectivity index (χ0) is 18.1. The first kappa shape index (κ1) is 19.7. The Morgan fingerprint density at radius 2 is 1.96 bits per heavy atom. The van der Waals surface area contributed by atoms with E-state index in [1.165, 1.54) is 6.33 Å². The number of ether oxygens (including phenoxy) is 1. The zero-order valence-electron chi connectivity index (χ0n) is 15.1.